The van der Waals surface area contributed by atoms with E-state index >= 15 is 0 Å². The molecule has 0 unspecified atom stereocenters. The van der Waals surface area contributed by atoms with Crippen LogP contribution in [-0.4, -0.2) is 14.2 Å². The van der Waals surface area contributed by atoms with Gasteiger partial charge >= 0.3 is 0 Å². The van der Waals surface area contributed by atoms with E-state index in [1.54, 1.807) is 14.2 Å². The van der Waals surface area contributed by atoms with Crippen LogP contribution in [0.1, 0.15) is 0 Å². The highest BCUT2D eigenvalue weighted by molar-refractivity contribution is 6.31. The van der Waals surface area contributed by atoms with Crippen molar-refractivity contribution in [3.05, 3.63) is 97.1 Å². The summed E-state index contributed by atoms with van der Waals surface area (Å²) in [5.74, 6) is 1.70. The fourth-order valence-electron chi connectivity index (χ4n) is 4.95. The van der Waals surface area contributed by atoms with Crippen molar-refractivity contribution in [1.82, 2.24) is 0 Å². The van der Waals surface area contributed by atoms with Crippen LogP contribution in [0.5, 0.6) is 11.5 Å². The SMILES string of the molecule is COc1ccc(-c2ccc(OC)cc3cc4c5ccccc5c5ccccc5c4c2-3)cc1. The Hall–Kier alpha value is -4.04. The molecule has 0 saturated heterocycles. The maximum absolute atomic E-state index is 5.66. The van der Waals surface area contributed by atoms with Gasteiger partial charge in [0, 0.05) is 0 Å². The first-order valence-corrected chi connectivity index (χ1v) is 10.8. The van der Waals surface area contributed by atoms with Gasteiger partial charge < -0.3 is 9.47 Å². The molecule has 0 aromatic heterocycles. The number of ether oxygens (including phenoxy) is 2. The summed E-state index contributed by atoms with van der Waals surface area (Å²) in [6.07, 6.45) is 0. The summed E-state index contributed by atoms with van der Waals surface area (Å²) in [7, 11) is 3.42. The maximum atomic E-state index is 5.66. The maximum Gasteiger partial charge on any atom is 0.119 e. The summed E-state index contributed by atoms with van der Waals surface area (Å²) < 4.78 is 11.0. The first-order chi connectivity index (χ1) is 15.8. The highest BCUT2D eigenvalue weighted by Crippen LogP contribution is 2.47. The van der Waals surface area contributed by atoms with Crippen molar-refractivity contribution >= 4 is 32.3 Å². The third-order valence-electron chi connectivity index (χ3n) is 6.43. The van der Waals surface area contributed by atoms with Gasteiger partial charge in [-0.25, -0.2) is 0 Å². The Labute approximate surface area is 187 Å². The summed E-state index contributed by atoms with van der Waals surface area (Å²) in [6, 6.07) is 34.4. The number of hydrogen-bond donors (Lipinski definition) is 0. The fraction of sp³-hybridized carbons (Fsp3) is 0.0667. The lowest BCUT2D eigenvalue weighted by Gasteiger charge is -2.11. The lowest BCUT2D eigenvalue weighted by Crippen LogP contribution is -1.85. The minimum Gasteiger partial charge on any atom is -0.497 e. The first-order valence-electron chi connectivity index (χ1n) is 10.8. The third kappa shape index (κ3) is 2.73. The smallest absolute Gasteiger partial charge is 0.119 e. The van der Waals surface area contributed by atoms with Crippen LogP contribution in [-0.2, 0) is 0 Å². The monoisotopic (exact) mass is 414 g/mol. The molecule has 32 heavy (non-hydrogen) atoms. The zero-order chi connectivity index (χ0) is 21.7. The molecule has 0 heterocycles. The second-order valence-electron chi connectivity index (χ2n) is 8.08. The number of fused-ring (bicyclic) bond motifs is 8. The Bertz CT molecular complexity index is 1580. The Morgan fingerprint density at radius 2 is 1.03 bits per heavy atom. The Morgan fingerprint density at radius 3 is 1.69 bits per heavy atom. The lowest BCUT2D eigenvalue weighted by atomic mass is 9.92. The molecule has 0 amide bonds. The zero-order valence-corrected chi connectivity index (χ0v) is 18.1. The summed E-state index contributed by atoms with van der Waals surface area (Å²) >= 11 is 0. The molecular weight excluding hydrogens is 392 g/mol. The molecule has 2 heteroatoms. The van der Waals surface area contributed by atoms with E-state index in [0.29, 0.717) is 0 Å². The van der Waals surface area contributed by atoms with Crippen LogP contribution in [0.25, 0.3) is 54.6 Å². The Kier molecular flexibility index (Phi) is 4.26. The number of methoxy groups -OCH3 is 2. The van der Waals surface area contributed by atoms with E-state index in [1.165, 1.54) is 49.0 Å². The van der Waals surface area contributed by atoms with Crippen LogP contribution in [0.2, 0.25) is 0 Å². The van der Waals surface area contributed by atoms with Gasteiger partial charge in [0.1, 0.15) is 11.5 Å². The van der Waals surface area contributed by atoms with Gasteiger partial charge in [0.05, 0.1) is 14.2 Å². The van der Waals surface area contributed by atoms with Crippen molar-refractivity contribution in [3.8, 4) is 33.8 Å². The average Bonchev–Trinajstić information content (AvgIpc) is 3.13. The predicted octanol–water partition coefficient (Wildman–Crippen LogP) is 7.94. The second kappa shape index (κ2) is 7.28. The van der Waals surface area contributed by atoms with Crippen LogP contribution in [0, 0.1) is 0 Å². The van der Waals surface area contributed by atoms with E-state index in [1.807, 2.05) is 12.1 Å². The Balaban J connectivity index is 1.84. The van der Waals surface area contributed by atoms with Crippen molar-refractivity contribution in [1.29, 1.82) is 0 Å². The summed E-state index contributed by atoms with van der Waals surface area (Å²) in [6.45, 7) is 0. The lowest BCUT2D eigenvalue weighted by molar-refractivity contribution is 0.415. The summed E-state index contributed by atoms with van der Waals surface area (Å²) in [5.41, 5.74) is 4.75. The molecule has 2 nitrogen and oxygen atoms in total. The molecule has 0 atom stereocenters. The largest absolute Gasteiger partial charge is 0.497 e. The number of rotatable bonds is 3. The summed E-state index contributed by atoms with van der Waals surface area (Å²) in [5, 5.41) is 7.68. The minimum absolute atomic E-state index is 0.846. The van der Waals surface area contributed by atoms with E-state index in [9.17, 15) is 0 Å². The van der Waals surface area contributed by atoms with Crippen LogP contribution < -0.4 is 9.47 Å². The molecule has 2 aliphatic rings. The van der Waals surface area contributed by atoms with E-state index in [2.05, 4.69) is 84.9 Å². The van der Waals surface area contributed by atoms with Crippen molar-refractivity contribution in [2.75, 3.05) is 14.2 Å². The summed E-state index contributed by atoms with van der Waals surface area (Å²) in [4.78, 5) is 0. The molecule has 4 aromatic carbocycles. The van der Waals surface area contributed by atoms with Crippen molar-refractivity contribution in [2.24, 2.45) is 0 Å². The standard InChI is InChI=1S/C30H22O2/c1-31-21-13-11-19(12-14-21)23-16-15-22(32-2)17-20-18-28-26-9-4-3-7-24(26)25-8-5-6-10-27(25)30(28)29(20)23/h3-18H,1-2H3. The molecule has 0 spiro atoms. The quantitative estimate of drug-likeness (QED) is 0.274. The van der Waals surface area contributed by atoms with E-state index < -0.39 is 0 Å². The van der Waals surface area contributed by atoms with Crippen LogP contribution in [0.3, 0.4) is 0 Å². The average molecular weight is 415 g/mol. The molecule has 6 rings (SSSR count). The van der Waals surface area contributed by atoms with Crippen LogP contribution in [0.4, 0.5) is 0 Å². The normalized spacial score (nSPS) is 11.4. The van der Waals surface area contributed by atoms with Crippen LogP contribution >= 0.6 is 0 Å². The molecule has 4 aromatic rings. The van der Waals surface area contributed by atoms with E-state index in [0.717, 1.165) is 17.1 Å². The molecule has 154 valence electrons. The fourth-order valence-corrected chi connectivity index (χ4v) is 4.95. The van der Waals surface area contributed by atoms with Crippen molar-refractivity contribution in [2.45, 2.75) is 0 Å². The molecule has 0 bridgehead atoms. The van der Waals surface area contributed by atoms with Gasteiger partial charge in [-0.3, -0.25) is 0 Å². The minimum atomic E-state index is 0.846. The molecule has 0 saturated carbocycles. The van der Waals surface area contributed by atoms with Gasteiger partial charge in [-0.15, -0.1) is 0 Å². The van der Waals surface area contributed by atoms with E-state index in [4.69, 9.17) is 9.47 Å². The highest BCUT2D eigenvalue weighted by Gasteiger charge is 2.20. The molecule has 0 fully saturated rings. The molecule has 0 N–H and O–H groups in total. The third-order valence-corrected chi connectivity index (χ3v) is 6.43. The van der Waals surface area contributed by atoms with Crippen molar-refractivity contribution < 1.29 is 9.47 Å². The highest BCUT2D eigenvalue weighted by atomic mass is 16.5. The molecule has 0 aliphatic heterocycles. The molecule has 2 aliphatic carbocycles. The van der Waals surface area contributed by atoms with Gasteiger partial charge in [-0.05, 0) is 84.9 Å². The first kappa shape index (κ1) is 18.7. The predicted molar refractivity (Wildman–Crippen MR) is 134 cm³/mol. The Morgan fingerprint density at radius 1 is 0.469 bits per heavy atom. The van der Waals surface area contributed by atoms with Gasteiger partial charge in [0.2, 0.25) is 0 Å². The molecule has 0 radical (unpaired) electrons. The number of benzene rings is 4. The van der Waals surface area contributed by atoms with Gasteiger partial charge in [-0.2, -0.15) is 0 Å². The molecular formula is C30H22O2. The van der Waals surface area contributed by atoms with Gasteiger partial charge in [-0.1, -0.05) is 66.7 Å². The van der Waals surface area contributed by atoms with Gasteiger partial charge in [0.25, 0.3) is 0 Å². The van der Waals surface area contributed by atoms with E-state index in [-0.39, 0.29) is 0 Å². The van der Waals surface area contributed by atoms with Crippen molar-refractivity contribution in [3.63, 3.8) is 0 Å². The van der Waals surface area contributed by atoms with Crippen LogP contribution in [0.15, 0.2) is 97.1 Å². The van der Waals surface area contributed by atoms with Gasteiger partial charge in [0.15, 0.2) is 0 Å². The topological polar surface area (TPSA) is 18.5 Å². The second-order valence-corrected chi connectivity index (χ2v) is 8.08. The zero-order valence-electron chi connectivity index (χ0n) is 18.1. The number of hydrogen-bond acceptors (Lipinski definition) is 2.